The Morgan fingerprint density at radius 3 is 3.00 bits per heavy atom. The molecule has 17 heavy (non-hydrogen) atoms. The number of rotatable bonds is 4. The van der Waals surface area contributed by atoms with Crippen LogP contribution in [-0.2, 0) is 11.2 Å². The zero-order chi connectivity index (χ0) is 12.3. The lowest BCUT2D eigenvalue weighted by Crippen LogP contribution is -2.40. The molecule has 0 spiro atoms. The molecule has 1 saturated heterocycles. The standard InChI is InChI=1S/C13H19NO3/c1-3-10-6-7-12(17-10)13(15)14-9(2)11-5-4-8-16-11/h6-7,9,11H,3-5,8H2,1-2H3,(H,14,15)/t9-,11-/m0/s1. The molecule has 4 heteroatoms. The summed E-state index contributed by atoms with van der Waals surface area (Å²) in [7, 11) is 0. The summed E-state index contributed by atoms with van der Waals surface area (Å²) in [6.45, 7) is 4.76. The van der Waals surface area contributed by atoms with E-state index in [1.165, 1.54) is 0 Å². The van der Waals surface area contributed by atoms with Crippen molar-refractivity contribution < 1.29 is 13.9 Å². The average molecular weight is 237 g/mol. The third-order valence-corrected chi connectivity index (χ3v) is 3.12. The van der Waals surface area contributed by atoms with Crippen molar-refractivity contribution in [2.75, 3.05) is 6.61 Å². The topological polar surface area (TPSA) is 51.5 Å². The van der Waals surface area contributed by atoms with E-state index in [1.807, 2.05) is 19.9 Å². The predicted molar refractivity (Wildman–Crippen MR) is 64.0 cm³/mol. The first-order valence-corrected chi connectivity index (χ1v) is 6.22. The molecule has 2 atom stereocenters. The normalized spacial score (nSPS) is 21.4. The summed E-state index contributed by atoms with van der Waals surface area (Å²) in [4.78, 5) is 11.9. The fourth-order valence-electron chi connectivity index (χ4n) is 2.06. The van der Waals surface area contributed by atoms with Crippen LogP contribution in [0.3, 0.4) is 0 Å². The smallest absolute Gasteiger partial charge is 0.287 e. The second kappa shape index (κ2) is 5.36. The molecule has 1 N–H and O–H groups in total. The monoisotopic (exact) mass is 237 g/mol. The molecule has 0 unspecified atom stereocenters. The molecule has 2 heterocycles. The molecule has 94 valence electrons. The summed E-state index contributed by atoms with van der Waals surface area (Å²) < 4.78 is 10.9. The number of amides is 1. The third-order valence-electron chi connectivity index (χ3n) is 3.12. The van der Waals surface area contributed by atoms with Crippen LogP contribution in [0.15, 0.2) is 16.5 Å². The van der Waals surface area contributed by atoms with E-state index in [0.29, 0.717) is 5.76 Å². The van der Waals surface area contributed by atoms with E-state index in [0.717, 1.165) is 31.6 Å². The lowest BCUT2D eigenvalue weighted by molar-refractivity contribution is 0.0696. The van der Waals surface area contributed by atoms with Crippen molar-refractivity contribution in [2.24, 2.45) is 0 Å². The summed E-state index contributed by atoms with van der Waals surface area (Å²) in [6.07, 6.45) is 3.03. The Morgan fingerprint density at radius 1 is 1.59 bits per heavy atom. The highest BCUT2D eigenvalue weighted by Crippen LogP contribution is 2.16. The van der Waals surface area contributed by atoms with Crippen molar-refractivity contribution in [3.05, 3.63) is 23.7 Å². The highest BCUT2D eigenvalue weighted by Gasteiger charge is 2.24. The molecule has 0 saturated carbocycles. The fourth-order valence-corrected chi connectivity index (χ4v) is 2.06. The van der Waals surface area contributed by atoms with Crippen LogP contribution in [-0.4, -0.2) is 24.7 Å². The lowest BCUT2D eigenvalue weighted by atomic mass is 10.1. The van der Waals surface area contributed by atoms with E-state index in [9.17, 15) is 4.79 Å². The van der Waals surface area contributed by atoms with Crippen molar-refractivity contribution in [3.8, 4) is 0 Å². The second-order valence-corrected chi connectivity index (χ2v) is 4.43. The molecule has 0 aromatic carbocycles. The van der Waals surface area contributed by atoms with Gasteiger partial charge in [-0.15, -0.1) is 0 Å². The van der Waals surface area contributed by atoms with Crippen LogP contribution in [0.25, 0.3) is 0 Å². The summed E-state index contributed by atoms with van der Waals surface area (Å²) in [5, 5.41) is 2.92. The Labute approximate surface area is 101 Å². The van der Waals surface area contributed by atoms with Gasteiger partial charge in [0.2, 0.25) is 0 Å². The number of hydrogen-bond donors (Lipinski definition) is 1. The predicted octanol–water partition coefficient (Wildman–Crippen LogP) is 2.14. The molecule has 1 aliphatic heterocycles. The molecule has 1 fully saturated rings. The van der Waals surface area contributed by atoms with Gasteiger partial charge in [-0.25, -0.2) is 0 Å². The van der Waals surface area contributed by atoms with Crippen LogP contribution in [0.4, 0.5) is 0 Å². The maximum Gasteiger partial charge on any atom is 0.287 e. The molecule has 1 amide bonds. The number of carbonyl (C=O) groups excluding carboxylic acids is 1. The van der Waals surface area contributed by atoms with Gasteiger partial charge in [0.1, 0.15) is 5.76 Å². The van der Waals surface area contributed by atoms with Crippen molar-refractivity contribution >= 4 is 5.91 Å². The quantitative estimate of drug-likeness (QED) is 0.872. The average Bonchev–Trinajstić information content (AvgIpc) is 3.00. The van der Waals surface area contributed by atoms with Gasteiger partial charge in [0.15, 0.2) is 5.76 Å². The number of furan rings is 1. The number of hydrogen-bond acceptors (Lipinski definition) is 3. The van der Waals surface area contributed by atoms with Gasteiger partial charge in [0, 0.05) is 13.0 Å². The van der Waals surface area contributed by atoms with Gasteiger partial charge < -0.3 is 14.5 Å². The molecule has 2 rings (SSSR count). The van der Waals surface area contributed by atoms with Gasteiger partial charge in [-0.2, -0.15) is 0 Å². The largest absolute Gasteiger partial charge is 0.456 e. The number of carbonyl (C=O) groups is 1. The number of aryl methyl sites for hydroxylation is 1. The van der Waals surface area contributed by atoms with Gasteiger partial charge in [-0.05, 0) is 31.9 Å². The molecule has 0 bridgehead atoms. The SMILES string of the molecule is CCc1ccc(C(=O)N[C@@H](C)[C@@H]2CCCO2)o1. The van der Waals surface area contributed by atoms with Crippen LogP contribution in [0.5, 0.6) is 0 Å². The van der Waals surface area contributed by atoms with Crippen molar-refractivity contribution in [1.29, 1.82) is 0 Å². The first-order valence-electron chi connectivity index (χ1n) is 6.22. The molecular formula is C13H19NO3. The van der Waals surface area contributed by atoms with E-state index in [1.54, 1.807) is 6.07 Å². The Bertz CT molecular complexity index is 380. The molecule has 0 radical (unpaired) electrons. The Morgan fingerprint density at radius 2 is 2.41 bits per heavy atom. The van der Waals surface area contributed by atoms with Gasteiger partial charge >= 0.3 is 0 Å². The second-order valence-electron chi connectivity index (χ2n) is 4.43. The fraction of sp³-hybridized carbons (Fsp3) is 0.615. The molecule has 1 aromatic heterocycles. The molecule has 1 aliphatic rings. The summed E-state index contributed by atoms with van der Waals surface area (Å²) in [6, 6.07) is 3.59. The molecular weight excluding hydrogens is 218 g/mol. The minimum absolute atomic E-state index is 0.0279. The van der Waals surface area contributed by atoms with Crippen LogP contribution in [0.1, 0.15) is 43.0 Å². The Balaban J connectivity index is 1.91. The molecule has 4 nitrogen and oxygen atoms in total. The maximum atomic E-state index is 11.9. The summed E-state index contributed by atoms with van der Waals surface area (Å²) >= 11 is 0. The van der Waals surface area contributed by atoms with Crippen molar-refractivity contribution in [2.45, 2.75) is 45.3 Å². The third kappa shape index (κ3) is 2.88. The lowest BCUT2D eigenvalue weighted by Gasteiger charge is -2.19. The maximum absolute atomic E-state index is 11.9. The first kappa shape index (κ1) is 12.2. The van der Waals surface area contributed by atoms with Crippen LogP contribution in [0.2, 0.25) is 0 Å². The van der Waals surface area contributed by atoms with Crippen LogP contribution >= 0.6 is 0 Å². The minimum atomic E-state index is -0.160. The van der Waals surface area contributed by atoms with E-state index < -0.39 is 0 Å². The highest BCUT2D eigenvalue weighted by molar-refractivity contribution is 5.91. The Hall–Kier alpha value is -1.29. The zero-order valence-electron chi connectivity index (χ0n) is 10.4. The van der Waals surface area contributed by atoms with E-state index in [-0.39, 0.29) is 18.1 Å². The van der Waals surface area contributed by atoms with Gasteiger partial charge in [-0.3, -0.25) is 4.79 Å². The van der Waals surface area contributed by atoms with E-state index in [4.69, 9.17) is 9.15 Å². The zero-order valence-corrected chi connectivity index (χ0v) is 10.4. The first-order chi connectivity index (χ1) is 8.20. The van der Waals surface area contributed by atoms with E-state index in [2.05, 4.69) is 5.32 Å². The van der Waals surface area contributed by atoms with Crippen LogP contribution < -0.4 is 5.32 Å². The minimum Gasteiger partial charge on any atom is -0.456 e. The van der Waals surface area contributed by atoms with Gasteiger partial charge in [0.05, 0.1) is 12.1 Å². The van der Waals surface area contributed by atoms with Crippen LogP contribution in [0, 0.1) is 0 Å². The number of ether oxygens (including phenoxy) is 1. The van der Waals surface area contributed by atoms with E-state index >= 15 is 0 Å². The summed E-state index contributed by atoms with van der Waals surface area (Å²) in [5.41, 5.74) is 0. The van der Waals surface area contributed by atoms with Crippen molar-refractivity contribution in [3.63, 3.8) is 0 Å². The number of nitrogens with one attached hydrogen (secondary N) is 1. The highest BCUT2D eigenvalue weighted by atomic mass is 16.5. The molecule has 0 aliphatic carbocycles. The summed E-state index contributed by atoms with van der Waals surface area (Å²) in [5.74, 6) is 1.05. The van der Waals surface area contributed by atoms with Crippen molar-refractivity contribution in [1.82, 2.24) is 5.32 Å². The molecule has 1 aromatic rings. The van der Waals surface area contributed by atoms with Gasteiger partial charge in [0.25, 0.3) is 5.91 Å². The Kier molecular flexibility index (Phi) is 3.84. The van der Waals surface area contributed by atoms with Gasteiger partial charge in [-0.1, -0.05) is 6.92 Å².